The molecule has 2 aromatic rings. The van der Waals surface area contributed by atoms with Crippen molar-refractivity contribution in [2.75, 3.05) is 0 Å². The van der Waals surface area contributed by atoms with Crippen LogP contribution in [0.3, 0.4) is 0 Å². The minimum Gasteiger partial charge on any atom is -0.457 e. The van der Waals surface area contributed by atoms with Crippen molar-refractivity contribution >= 4 is 5.69 Å². The van der Waals surface area contributed by atoms with Gasteiger partial charge in [-0.25, -0.2) is 0 Å². The van der Waals surface area contributed by atoms with Gasteiger partial charge in [0.2, 0.25) is 0 Å². The molecule has 0 unspecified atom stereocenters. The molecule has 0 aliphatic carbocycles. The lowest BCUT2D eigenvalue weighted by Crippen LogP contribution is -1.95. The minimum absolute atomic E-state index is 0.0298. The maximum absolute atomic E-state index is 10.9. The highest BCUT2D eigenvalue weighted by atomic mass is 16.6. The molecule has 0 aliphatic heterocycles. The van der Waals surface area contributed by atoms with Gasteiger partial charge in [0.25, 0.3) is 5.69 Å². The van der Waals surface area contributed by atoms with E-state index in [1.54, 1.807) is 30.3 Å². The SMILES string of the molecule is N#Cc1ccc(Oc2ccccc2CO)cc1[N+](=O)[O-]. The Morgan fingerprint density at radius 3 is 2.70 bits per heavy atom. The Balaban J connectivity index is 2.38. The molecule has 6 heteroatoms. The first-order chi connectivity index (χ1) is 9.65. The molecule has 0 atom stereocenters. The monoisotopic (exact) mass is 270 g/mol. The molecule has 2 rings (SSSR count). The normalized spacial score (nSPS) is 9.80. The Kier molecular flexibility index (Phi) is 3.93. The number of nitrogens with zero attached hydrogens (tertiary/aromatic N) is 2. The zero-order valence-electron chi connectivity index (χ0n) is 10.3. The Morgan fingerprint density at radius 2 is 2.05 bits per heavy atom. The second-order valence-corrected chi connectivity index (χ2v) is 3.92. The van der Waals surface area contributed by atoms with Crippen LogP contribution in [0.25, 0.3) is 0 Å². The first-order valence-corrected chi connectivity index (χ1v) is 5.71. The average Bonchev–Trinajstić information content (AvgIpc) is 2.47. The van der Waals surface area contributed by atoms with Gasteiger partial charge < -0.3 is 9.84 Å². The summed E-state index contributed by atoms with van der Waals surface area (Å²) < 4.78 is 5.52. The van der Waals surface area contributed by atoms with Gasteiger partial charge in [0, 0.05) is 5.56 Å². The van der Waals surface area contributed by atoms with Crippen molar-refractivity contribution in [1.82, 2.24) is 0 Å². The molecule has 0 bridgehead atoms. The van der Waals surface area contributed by atoms with Crippen molar-refractivity contribution in [1.29, 1.82) is 5.26 Å². The summed E-state index contributed by atoms with van der Waals surface area (Å²) in [5, 5.41) is 28.9. The lowest BCUT2D eigenvalue weighted by atomic mass is 10.2. The predicted molar refractivity (Wildman–Crippen MR) is 70.3 cm³/mol. The molecule has 0 radical (unpaired) electrons. The summed E-state index contributed by atoms with van der Waals surface area (Å²) in [6, 6.07) is 12.6. The molecule has 0 heterocycles. The fraction of sp³-hybridized carbons (Fsp3) is 0.0714. The van der Waals surface area contributed by atoms with Crippen LogP contribution in [-0.4, -0.2) is 10.0 Å². The Morgan fingerprint density at radius 1 is 1.30 bits per heavy atom. The van der Waals surface area contributed by atoms with E-state index in [0.29, 0.717) is 11.3 Å². The van der Waals surface area contributed by atoms with Crippen molar-refractivity contribution in [3.05, 3.63) is 63.7 Å². The zero-order valence-corrected chi connectivity index (χ0v) is 10.3. The van der Waals surface area contributed by atoms with Crippen molar-refractivity contribution in [3.63, 3.8) is 0 Å². The highest BCUT2D eigenvalue weighted by molar-refractivity contribution is 5.53. The van der Waals surface area contributed by atoms with Crippen molar-refractivity contribution < 1.29 is 14.8 Å². The van der Waals surface area contributed by atoms with E-state index < -0.39 is 4.92 Å². The fourth-order valence-corrected chi connectivity index (χ4v) is 1.68. The molecule has 0 spiro atoms. The van der Waals surface area contributed by atoms with Gasteiger partial charge in [-0.05, 0) is 18.2 Å². The molecule has 0 saturated heterocycles. The quantitative estimate of drug-likeness (QED) is 0.680. The van der Waals surface area contributed by atoms with E-state index in [2.05, 4.69) is 0 Å². The summed E-state index contributed by atoms with van der Waals surface area (Å²) in [6.45, 7) is -0.200. The summed E-state index contributed by atoms with van der Waals surface area (Å²) >= 11 is 0. The highest BCUT2D eigenvalue weighted by Gasteiger charge is 2.15. The maximum atomic E-state index is 10.9. The van der Waals surface area contributed by atoms with Crippen LogP contribution in [0.4, 0.5) is 5.69 Å². The van der Waals surface area contributed by atoms with Gasteiger partial charge in [0.15, 0.2) is 0 Å². The first-order valence-electron chi connectivity index (χ1n) is 5.71. The summed E-state index contributed by atoms with van der Waals surface area (Å²) in [6.07, 6.45) is 0. The van der Waals surface area contributed by atoms with Crippen LogP contribution in [0, 0.1) is 21.4 Å². The van der Waals surface area contributed by atoms with Gasteiger partial charge >= 0.3 is 0 Å². The molecule has 2 aromatic carbocycles. The predicted octanol–water partition coefficient (Wildman–Crippen LogP) is 2.75. The summed E-state index contributed by atoms with van der Waals surface area (Å²) in [4.78, 5) is 10.2. The lowest BCUT2D eigenvalue weighted by Gasteiger charge is -2.09. The molecule has 20 heavy (non-hydrogen) atoms. The number of benzene rings is 2. The summed E-state index contributed by atoms with van der Waals surface area (Å²) in [5.41, 5.74) is 0.226. The molecule has 0 aliphatic rings. The number of aliphatic hydroxyl groups excluding tert-OH is 1. The number of aliphatic hydroxyl groups is 1. The van der Waals surface area contributed by atoms with Crippen LogP contribution < -0.4 is 4.74 Å². The fourth-order valence-electron chi connectivity index (χ4n) is 1.68. The van der Waals surface area contributed by atoms with E-state index in [1.165, 1.54) is 18.2 Å². The third-order valence-electron chi connectivity index (χ3n) is 2.66. The second-order valence-electron chi connectivity index (χ2n) is 3.92. The number of hydrogen-bond donors (Lipinski definition) is 1. The van der Waals surface area contributed by atoms with Crippen molar-refractivity contribution in [3.8, 4) is 17.6 Å². The topological polar surface area (TPSA) is 96.4 Å². The van der Waals surface area contributed by atoms with E-state index >= 15 is 0 Å². The minimum atomic E-state index is -0.636. The van der Waals surface area contributed by atoms with Crippen LogP contribution in [-0.2, 0) is 6.61 Å². The number of nitriles is 1. The molecule has 6 nitrogen and oxygen atoms in total. The largest absolute Gasteiger partial charge is 0.457 e. The molecule has 0 amide bonds. The molecule has 1 N–H and O–H groups in total. The second kappa shape index (κ2) is 5.82. The molecular weight excluding hydrogens is 260 g/mol. The van der Waals surface area contributed by atoms with E-state index in [4.69, 9.17) is 10.00 Å². The van der Waals surface area contributed by atoms with E-state index in [1.807, 2.05) is 0 Å². The van der Waals surface area contributed by atoms with Gasteiger partial charge in [-0.3, -0.25) is 10.1 Å². The number of para-hydroxylation sites is 1. The molecule has 100 valence electrons. The maximum Gasteiger partial charge on any atom is 0.290 e. The first kappa shape index (κ1) is 13.5. The van der Waals surface area contributed by atoms with Gasteiger partial charge in [0.05, 0.1) is 17.6 Å². The molecule has 0 saturated carbocycles. The number of nitro groups is 1. The lowest BCUT2D eigenvalue weighted by molar-refractivity contribution is -0.385. The summed E-state index contributed by atoms with van der Waals surface area (Å²) in [5.74, 6) is 0.644. The third kappa shape index (κ3) is 2.74. The Hall–Kier alpha value is -2.91. The van der Waals surface area contributed by atoms with Gasteiger partial charge in [0.1, 0.15) is 23.1 Å². The van der Waals surface area contributed by atoms with E-state index in [0.717, 1.165) is 0 Å². The number of hydrogen-bond acceptors (Lipinski definition) is 5. The van der Waals surface area contributed by atoms with E-state index in [9.17, 15) is 15.2 Å². The van der Waals surface area contributed by atoms with Crippen LogP contribution in [0.5, 0.6) is 11.5 Å². The highest BCUT2D eigenvalue weighted by Crippen LogP contribution is 2.29. The van der Waals surface area contributed by atoms with Crippen molar-refractivity contribution in [2.45, 2.75) is 6.61 Å². The smallest absolute Gasteiger partial charge is 0.290 e. The number of nitro benzene ring substituents is 1. The van der Waals surface area contributed by atoms with Gasteiger partial charge in [-0.15, -0.1) is 0 Å². The van der Waals surface area contributed by atoms with Crippen LogP contribution >= 0.6 is 0 Å². The Bertz CT molecular complexity index is 692. The van der Waals surface area contributed by atoms with Crippen LogP contribution in [0.15, 0.2) is 42.5 Å². The molecular formula is C14H10N2O4. The zero-order chi connectivity index (χ0) is 14.5. The standard InChI is InChI=1S/C14H10N2O4/c15-8-10-5-6-12(7-13(10)16(18)19)20-14-4-2-1-3-11(14)9-17/h1-7,17H,9H2. The molecule has 0 aromatic heterocycles. The Labute approximate surface area is 114 Å². The van der Waals surface area contributed by atoms with Crippen molar-refractivity contribution in [2.24, 2.45) is 0 Å². The van der Waals surface area contributed by atoms with Gasteiger partial charge in [-0.1, -0.05) is 18.2 Å². The summed E-state index contributed by atoms with van der Waals surface area (Å²) in [7, 11) is 0. The number of rotatable bonds is 4. The third-order valence-corrected chi connectivity index (χ3v) is 2.66. The molecule has 0 fully saturated rings. The number of ether oxygens (including phenoxy) is 1. The van der Waals surface area contributed by atoms with E-state index in [-0.39, 0.29) is 23.6 Å². The van der Waals surface area contributed by atoms with Crippen LogP contribution in [0.1, 0.15) is 11.1 Å². The average molecular weight is 270 g/mol. The van der Waals surface area contributed by atoms with Crippen LogP contribution in [0.2, 0.25) is 0 Å². The van der Waals surface area contributed by atoms with Gasteiger partial charge in [-0.2, -0.15) is 5.26 Å².